The summed E-state index contributed by atoms with van der Waals surface area (Å²) in [6.07, 6.45) is 2.04. The molecule has 0 aliphatic heterocycles. The third kappa shape index (κ3) is 4.88. The van der Waals surface area contributed by atoms with E-state index in [1.165, 1.54) is 6.07 Å². The van der Waals surface area contributed by atoms with E-state index in [1.54, 1.807) is 25.3 Å². The van der Waals surface area contributed by atoms with Crippen LogP contribution in [0.4, 0.5) is 0 Å². The summed E-state index contributed by atoms with van der Waals surface area (Å²) < 4.78 is 33.9. The number of hydrogen-bond acceptors (Lipinski definition) is 4. The summed E-state index contributed by atoms with van der Waals surface area (Å²) in [6, 6.07) is 4.38. The van der Waals surface area contributed by atoms with Crippen molar-refractivity contribution in [2.45, 2.75) is 18.2 Å². The predicted octanol–water partition coefficient (Wildman–Crippen LogP) is 1.28. The molecule has 0 aromatic heterocycles. The lowest BCUT2D eigenvalue weighted by molar-refractivity contribution is 0.0956. The number of carbonyl (C=O) groups is 1. The highest BCUT2D eigenvalue weighted by Gasteiger charge is 2.17. The minimum absolute atomic E-state index is 0.0478. The number of aryl methyl sites for hydroxylation is 1. The lowest BCUT2D eigenvalue weighted by atomic mass is 10.1. The smallest absolute Gasteiger partial charge is 0.261 e. The van der Waals surface area contributed by atoms with Gasteiger partial charge in [0.25, 0.3) is 15.0 Å². The Morgan fingerprint density at radius 1 is 1.40 bits per heavy atom. The van der Waals surface area contributed by atoms with Gasteiger partial charge in [-0.2, -0.15) is 0 Å². The SMILES string of the molecule is CCc1ccc(C(=O)NCCS(C)=O)cc1S(=O)(=O)Cl. The fraction of sp³-hybridized carbons (Fsp3) is 0.417. The number of carbonyl (C=O) groups excluding carboxylic acids is 1. The van der Waals surface area contributed by atoms with Gasteiger partial charge >= 0.3 is 0 Å². The van der Waals surface area contributed by atoms with E-state index in [4.69, 9.17) is 10.7 Å². The molecule has 0 fully saturated rings. The van der Waals surface area contributed by atoms with E-state index in [-0.39, 0.29) is 17.0 Å². The molecular weight excluding hydrogens is 322 g/mol. The second-order valence-corrected chi connectivity index (χ2v) is 8.24. The molecule has 0 heterocycles. The Hall–Kier alpha value is -0.920. The molecule has 0 radical (unpaired) electrons. The molecule has 0 spiro atoms. The van der Waals surface area contributed by atoms with Crippen LogP contribution in [0.3, 0.4) is 0 Å². The molecule has 112 valence electrons. The van der Waals surface area contributed by atoms with Crippen LogP contribution >= 0.6 is 10.7 Å². The van der Waals surface area contributed by atoms with Crippen molar-refractivity contribution in [3.8, 4) is 0 Å². The van der Waals surface area contributed by atoms with Gasteiger partial charge in [-0.3, -0.25) is 9.00 Å². The molecule has 0 saturated carbocycles. The van der Waals surface area contributed by atoms with Crippen molar-refractivity contribution < 1.29 is 17.4 Å². The molecule has 0 bridgehead atoms. The van der Waals surface area contributed by atoms with E-state index in [9.17, 15) is 17.4 Å². The number of nitrogens with one attached hydrogen (secondary N) is 1. The molecule has 1 rings (SSSR count). The van der Waals surface area contributed by atoms with Gasteiger partial charge in [0.2, 0.25) is 0 Å². The van der Waals surface area contributed by atoms with Crippen molar-refractivity contribution in [1.82, 2.24) is 5.32 Å². The Balaban J connectivity index is 2.97. The van der Waals surface area contributed by atoms with Crippen LogP contribution < -0.4 is 5.32 Å². The molecule has 0 aliphatic rings. The van der Waals surface area contributed by atoms with Crippen molar-refractivity contribution in [3.63, 3.8) is 0 Å². The van der Waals surface area contributed by atoms with Gasteiger partial charge in [-0.15, -0.1) is 0 Å². The topological polar surface area (TPSA) is 80.3 Å². The summed E-state index contributed by atoms with van der Waals surface area (Å²) in [7, 11) is 0.480. The highest BCUT2D eigenvalue weighted by molar-refractivity contribution is 8.13. The van der Waals surface area contributed by atoms with Crippen LogP contribution in [-0.2, 0) is 26.3 Å². The molecule has 5 nitrogen and oxygen atoms in total. The number of rotatable bonds is 6. The number of halogens is 1. The predicted molar refractivity (Wildman–Crippen MR) is 80.1 cm³/mol. The summed E-state index contributed by atoms with van der Waals surface area (Å²) in [5.41, 5.74) is 0.773. The van der Waals surface area contributed by atoms with Gasteiger partial charge in [0, 0.05) is 45.6 Å². The first-order chi connectivity index (χ1) is 9.25. The molecule has 1 atom stereocenters. The number of hydrogen-bond donors (Lipinski definition) is 1. The molecule has 1 N–H and O–H groups in total. The Kier molecular flexibility index (Phi) is 6.16. The van der Waals surface area contributed by atoms with Crippen LogP contribution in [-0.4, -0.2) is 37.1 Å². The molecule has 0 aliphatic carbocycles. The van der Waals surface area contributed by atoms with Crippen molar-refractivity contribution in [1.29, 1.82) is 0 Å². The van der Waals surface area contributed by atoms with E-state index in [2.05, 4.69) is 5.32 Å². The van der Waals surface area contributed by atoms with Crippen LogP contribution in [0.25, 0.3) is 0 Å². The summed E-state index contributed by atoms with van der Waals surface area (Å²) >= 11 is 0. The molecule has 0 saturated heterocycles. The molecule has 1 aromatic carbocycles. The Morgan fingerprint density at radius 3 is 2.55 bits per heavy atom. The summed E-state index contributed by atoms with van der Waals surface area (Å²) in [5.74, 6) is -0.0703. The van der Waals surface area contributed by atoms with Gasteiger partial charge in [0.15, 0.2) is 0 Å². The van der Waals surface area contributed by atoms with Gasteiger partial charge in [0.1, 0.15) is 0 Å². The maximum Gasteiger partial charge on any atom is 0.261 e. The first-order valence-corrected chi connectivity index (χ1v) is 9.95. The maximum atomic E-state index is 11.9. The van der Waals surface area contributed by atoms with E-state index in [1.807, 2.05) is 0 Å². The minimum Gasteiger partial charge on any atom is -0.351 e. The highest BCUT2D eigenvalue weighted by atomic mass is 35.7. The quantitative estimate of drug-likeness (QED) is 0.793. The lowest BCUT2D eigenvalue weighted by Gasteiger charge is -2.08. The first-order valence-electron chi connectivity index (χ1n) is 5.91. The lowest BCUT2D eigenvalue weighted by Crippen LogP contribution is -2.27. The van der Waals surface area contributed by atoms with Crippen molar-refractivity contribution in [2.75, 3.05) is 18.6 Å². The van der Waals surface area contributed by atoms with E-state index in [0.717, 1.165) is 0 Å². The van der Waals surface area contributed by atoms with Crippen molar-refractivity contribution in [3.05, 3.63) is 29.3 Å². The Morgan fingerprint density at radius 2 is 2.05 bits per heavy atom. The molecule has 1 unspecified atom stereocenters. The van der Waals surface area contributed by atoms with E-state index < -0.39 is 25.8 Å². The number of benzene rings is 1. The largest absolute Gasteiger partial charge is 0.351 e. The third-order valence-corrected chi connectivity index (χ3v) is 4.83. The zero-order chi connectivity index (χ0) is 15.3. The van der Waals surface area contributed by atoms with Gasteiger partial charge < -0.3 is 5.32 Å². The van der Waals surface area contributed by atoms with Crippen molar-refractivity contribution >= 4 is 36.4 Å². The molecule has 20 heavy (non-hydrogen) atoms. The Labute approximate surface area is 125 Å². The van der Waals surface area contributed by atoms with E-state index >= 15 is 0 Å². The highest BCUT2D eigenvalue weighted by Crippen LogP contribution is 2.22. The summed E-state index contributed by atoms with van der Waals surface area (Å²) in [4.78, 5) is 11.8. The second-order valence-electron chi connectivity index (χ2n) is 4.15. The normalized spacial score (nSPS) is 12.9. The average Bonchev–Trinajstić information content (AvgIpc) is 2.36. The Bertz CT molecular complexity index is 628. The van der Waals surface area contributed by atoms with Crippen LogP contribution in [0.15, 0.2) is 23.1 Å². The van der Waals surface area contributed by atoms with Gasteiger partial charge in [0.05, 0.1) is 4.90 Å². The zero-order valence-corrected chi connectivity index (χ0v) is 13.6. The van der Waals surface area contributed by atoms with Crippen LogP contribution in [0.2, 0.25) is 0 Å². The molecular formula is C12H16ClNO4S2. The fourth-order valence-electron chi connectivity index (χ4n) is 1.63. The van der Waals surface area contributed by atoms with Gasteiger partial charge in [-0.25, -0.2) is 8.42 Å². The first kappa shape index (κ1) is 17.1. The van der Waals surface area contributed by atoms with Gasteiger partial charge in [-0.05, 0) is 24.1 Å². The maximum absolute atomic E-state index is 11.9. The second kappa shape index (κ2) is 7.19. The monoisotopic (exact) mass is 337 g/mol. The molecule has 1 aromatic rings. The zero-order valence-electron chi connectivity index (χ0n) is 11.2. The molecule has 1 amide bonds. The standard InChI is InChI=1S/C12H16ClNO4S2/c1-3-9-4-5-10(8-11(9)20(13,17)18)12(15)14-6-7-19(2)16/h4-5,8H,3,6-7H2,1-2H3,(H,14,15). The van der Waals surface area contributed by atoms with Gasteiger partial charge in [-0.1, -0.05) is 13.0 Å². The number of amides is 1. The van der Waals surface area contributed by atoms with Crippen molar-refractivity contribution in [2.24, 2.45) is 0 Å². The fourth-order valence-corrected chi connectivity index (χ4v) is 3.24. The van der Waals surface area contributed by atoms with Crippen LogP contribution in [0.5, 0.6) is 0 Å². The summed E-state index contributed by atoms with van der Waals surface area (Å²) in [5, 5.41) is 2.58. The average molecular weight is 338 g/mol. The van der Waals surface area contributed by atoms with Crippen LogP contribution in [0, 0.1) is 0 Å². The van der Waals surface area contributed by atoms with E-state index in [0.29, 0.717) is 17.7 Å². The minimum atomic E-state index is -3.89. The summed E-state index contributed by atoms with van der Waals surface area (Å²) in [6.45, 7) is 2.07. The molecule has 8 heteroatoms. The third-order valence-electron chi connectivity index (χ3n) is 2.65. The van der Waals surface area contributed by atoms with Crippen LogP contribution in [0.1, 0.15) is 22.8 Å².